The molecule has 0 atom stereocenters. The number of phenolic OH excluding ortho intramolecular Hbond substituents is 1. The van der Waals surface area contributed by atoms with E-state index >= 15 is 0 Å². The van der Waals surface area contributed by atoms with Gasteiger partial charge in [-0.2, -0.15) is 0 Å². The fourth-order valence-corrected chi connectivity index (χ4v) is 3.01. The number of aryl methyl sites for hydroxylation is 1. The average Bonchev–Trinajstić information content (AvgIpc) is 2.76. The van der Waals surface area contributed by atoms with Crippen LogP contribution in [-0.4, -0.2) is 22.6 Å². The van der Waals surface area contributed by atoms with Crippen LogP contribution in [-0.2, 0) is 0 Å². The monoisotopic (exact) mass is 415 g/mol. The zero-order chi connectivity index (χ0) is 21.8. The number of pyridine rings is 1. The molecular weight excluding hydrogens is 394 g/mol. The number of nitrogens with one attached hydrogen (secondary N) is 1. The predicted molar refractivity (Wildman–Crippen MR) is 118 cm³/mol. The molecule has 0 spiro atoms. The molecule has 0 aliphatic carbocycles. The van der Waals surface area contributed by atoms with Crippen LogP contribution in [0.2, 0.25) is 0 Å². The van der Waals surface area contributed by atoms with E-state index in [1.807, 2.05) is 32.0 Å². The number of aromatic nitrogens is 1. The number of rotatable bonds is 5. The topological polar surface area (TPSA) is 97.0 Å². The first-order valence-electron chi connectivity index (χ1n) is 9.81. The summed E-state index contributed by atoms with van der Waals surface area (Å²) in [5.41, 5.74) is 2.23. The number of para-hydroxylation sites is 2. The van der Waals surface area contributed by atoms with Crippen molar-refractivity contribution >= 4 is 28.4 Å². The number of fused-ring (bicyclic) bond motifs is 1. The van der Waals surface area contributed by atoms with Gasteiger partial charge in [0, 0.05) is 17.6 Å². The summed E-state index contributed by atoms with van der Waals surface area (Å²) >= 11 is 0. The highest BCUT2D eigenvalue weighted by Gasteiger charge is 2.15. The summed E-state index contributed by atoms with van der Waals surface area (Å²) in [4.78, 5) is 21.9. The molecule has 4 rings (SSSR count). The van der Waals surface area contributed by atoms with Crippen molar-refractivity contribution in [1.29, 1.82) is 0 Å². The van der Waals surface area contributed by atoms with Crippen molar-refractivity contribution in [2.24, 2.45) is 4.99 Å². The number of hydrogen-bond donors (Lipinski definition) is 2. The SMILES string of the molecule is CCOc1ccccc1N=c1oc2cc(O)ccc2cc1C(=O)Nc1ccc(C)cn1. The third-order valence-corrected chi connectivity index (χ3v) is 4.52. The Bertz CT molecular complexity index is 1310. The second-order valence-corrected chi connectivity index (χ2v) is 6.87. The molecular formula is C24H21N3O4. The van der Waals surface area contributed by atoms with Crippen molar-refractivity contribution in [2.75, 3.05) is 11.9 Å². The standard InChI is InChI=1S/C24H21N3O4/c1-3-30-20-7-5-4-6-19(20)26-24-18(12-16-9-10-17(28)13-21(16)31-24)23(29)27-22-11-8-15(2)14-25-22/h4-14,28H,3H2,1-2H3,(H,25,27,29). The molecule has 7 nitrogen and oxygen atoms in total. The zero-order valence-electron chi connectivity index (χ0n) is 17.1. The van der Waals surface area contributed by atoms with Gasteiger partial charge in [-0.3, -0.25) is 4.79 Å². The fraction of sp³-hybridized carbons (Fsp3) is 0.125. The van der Waals surface area contributed by atoms with Crippen LogP contribution < -0.4 is 15.6 Å². The number of carbonyl (C=O) groups excluding carboxylic acids is 1. The maximum Gasteiger partial charge on any atom is 0.262 e. The Balaban J connectivity index is 1.86. The van der Waals surface area contributed by atoms with Crippen LogP contribution in [0.5, 0.6) is 11.5 Å². The third-order valence-electron chi connectivity index (χ3n) is 4.52. The van der Waals surface area contributed by atoms with E-state index in [1.54, 1.807) is 36.5 Å². The summed E-state index contributed by atoms with van der Waals surface area (Å²) in [7, 11) is 0. The second-order valence-electron chi connectivity index (χ2n) is 6.87. The van der Waals surface area contributed by atoms with Gasteiger partial charge in [0.05, 0.1) is 6.61 Å². The van der Waals surface area contributed by atoms with Gasteiger partial charge in [-0.15, -0.1) is 0 Å². The van der Waals surface area contributed by atoms with Crippen molar-refractivity contribution < 1.29 is 19.1 Å². The van der Waals surface area contributed by atoms with Gasteiger partial charge in [0.25, 0.3) is 5.91 Å². The molecule has 1 amide bonds. The van der Waals surface area contributed by atoms with E-state index in [-0.39, 0.29) is 16.9 Å². The largest absolute Gasteiger partial charge is 0.508 e. The van der Waals surface area contributed by atoms with Crippen molar-refractivity contribution in [3.63, 3.8) is 0 Å². The number of hydrogen-bond acceptors (Lipinski definition) is 6. The normalized spacial score (nSPS) is 11.5. The van der Waals surface area contributed by atoms with Crippen molar-refractivity contribution in [3.05, 3.63) is 83.5 Å². The first-order valence-corrected chi connectivity index (χ1v) is 9.81. The molecule has 31 heavy (non-hydrogen) atoms. The Morgan fingerprint density at radius 1 is 1.16 bits per heavy atom. The van der Waals surface area contributed by atoms with Crippen LogP contribution in [0.15, 0.2) is 76.3 Å². The lowest BCUT2D eigenvalue weighted by molar-refractivity contribution is 0.102. The lowest BCUT2D eigenvalue weighted by atomic mass is 10.1. The van der Waals surface area contributed by atoms with Crippen LogP contribution in [0.25, 0.3) is 11.0 Å². The van der Waals surface area contributed by atoms with Gasteiger partial charge in [-0.05, 0) is 55.8 Å². The molecule has 7 heteroatoms. The highest BCUT2D eigenvalue weighted by atomic mass is 16.5. The van der Waals surface area contributed by atoms with Gasteiger partial charge in [0.2, 0.25) is 5.55 Å². The molecule has 2 aromatic heterocycles. The average molecular weight is 415 g/mol. The van der Waals surface area contributed by atoms with Gasteiger partial charge in [-0.25, -0.2) is 9.98 Å². The Labute approximate surface area is 178 Å². The number of carbonyl (C=O) groups is 1. The minimum absolute atomic E-state index is 0.0537. The molecule has 0 fully saturated rings. The molecule has 0 bridgehead atoms. The number of nitrogens with zero attached hydrogens (tertiary/aromatic N) is 2. The number of aromatic hydroxyl groups is 1. The Hall–Kier alpha value is -4.13. The Morgan fingerprint density at radius 2 is 2.00 bits per heavy atom. The van der Waals surface area contributed by atoms with Crippen molar-refractivity contribution in [3.8, 4) is 11.5 Å². The first-order chi connectivity index (χ1) is 15.0. The third kappa shape index (κ3) is 4.56. The number of anilines is 1. The summed E-state index contributed by atoms with van der Waals surface area (Å²) < 4.78 is 11.6. The molecule has 2 N–H and O–H groups in total. The van der Waals surface area contributed by atoms with E-state index in [1.165, 1.54) is 12.1 Å². The summed E-state index contributed by atoms with van der Waals surface area (Å²) in [5, 5.41) is 13.2. The zero-order valence-corrected chi connectivity index (χ0v) is 17.1. The number of amides is 1. The van der Waals surface area contributed by atoms with Gasteiger partial charge in [0.1, 0.15) is 34.2 Å². The Kier molecular flexibility index (Phi) is 5.66. The molecule has 0 saturated carbocycles. The van der Waals surface area contributed by atoms with E-state index in [9.17, 15) is 9.90 Å². The van der Waals surface area contributed by atoms with E-state index in [0.717, 1.165) is 5.56 Å². The van der Waals surface area contributed by atoms with Crippen molar-refractivity contribution in [1.82, 2.24) is 4.98 Å². The number of phenols is 1. The molecule has 156 valence electrons. The summed E-state index contributed by atoms with van der Waals surface area (Å²) in [5.74, 6) is 0.630. The maximum atomic E-state index is 13.1. The summed E-state index contributed by atoms with van der Waals surface area (Å²) in [6, 6.07) is 17.2. The number of benzene rings is 2. The van der Waals surface area contributed by atoms with Crippen LogP contribution in [0, 0.1) is 6.92 Å². The molecule has 0 aliphatic rings. The molecule has 0 radical (unpaired) electrons. The molecule has 2 aromatic carbocycles. The Morgan fingerprint density at radius 3 is 2.77 bits per heavy atom. The summed E-state index contributed by atoms with van der Waals surface area (Å²) in [6.07, 6.45) is 1.67. The van der Waals surface area contributed by atoms with E-state index < -0.39 is 5.91 Å². The van der Waals surface area contributed by atoms with Gasteiger partial charge in [0.15, 0.2) is 0 Å². The minimum Gasteiger partial charge on any atom is -0.508 e. The highest BCUT2D eigenvalue weighted by Crippen LogP contribution is 2.27. The molecule has 0 unspecified atom stereocenters. The van der Waals surface area contributed by atoms with Crippen LogP contribution >= 0.6 is 0 Å². The van der Waals surface area contributed by atoms with Gasteiger partial charge in [-0.1, -0.05) is 18.2 Å². The van der Waals surface area contributed by atoms with Crippen molar-refractivity contribution in [2.45, 2.75) is 13.8 Å². The fourth-order valence-electron chi connectivity index (χ4n) is 3.01. The quantitative estimate of drug-likeness (QED) is 0.491. The second kappa shape index (κ2) is 8.71. The highest BCUT2D eigenvalue weighted by molar-refractivity contribution is 6.05. The summed E-state index contributed by atoms with van der Waals surface area (Å²) in [6.45, 7) is 4.28. The molecule has 4 aromatic rings. The lowest BCUT2D eigenvalue weighted by Crippen LogP contribution is -2.22. The van der Waals surface area contributed by atoms with Gasteiger partial charge >= 0.3 is 0 Å². The number of ether oxygens (including phenoxy) is 1. The maximum absolute atomic E-state index is 13.1. The van der Waals surface area contributed by atoms with Crippen LogP contribution in [0.1, 0.15) is 22.8 Å². The predicted octanol–water partition coefficient (Wildman–Crippen LogP) is 4.73. The minimum atomic E-state index is -0.414. The molecule has 0 saturated heterocycles. The smallest absolute Gasteiger partial charge is 0.262 e. The first kappa shape index (κ1) is 20.2. The van der Waals surface area contributed by atoms with Crippen LogP contribution in [0.3, 0.4) is 0 Å². The van der Waals surface area contributed by atoms with E-state index in [2.05, 4.69) is 15.3 Å². The van der Waals surface area contributed by atoms with E-state index in [4.69, 9.17) is 9.15 Å². The molecule has 2 heterocycles. The van der Waals surface area contributed by atoms with Gasteiger partial charge < -0.3 is 19.6 Å². The van der Waals surface area contributed by atoms with Crippen LogP contribution in [0.4, 0.5) is 11.5 Å². The molecule has 0 aliphatic heterocycles. The van der Waals surface area contributed by atoms with E-state index in [0.29, 0.717) is 34.8 Å². The lowest BCUT2D eigenvalue weighted by Gasteiger charge is -2.08.